The van der Waals surface area contributed by atoms with Gasteiger partial charge in [0.2, 0.25) is 0 Å². The zero-order chi connectivity index (χ0) is 13.1. The van der Waals surface area contributed by atoms with E-state index >= 15 is 0 Å². The van der Waals surface area contributed by atoms with Gasteiger partial charge in [0, 0.05) is 25.0 Å². The summed E-state index contributed by atoms with van der Waals surface area (Å²) in [6, 6.07) is 1.74. The minimum absolute atomic E-state index is 0.0632. The molecule has 1 fully saturated rings. The molecule has 6 heteroatoms. The molecule has 6 nitrogen and oxygen atoms in total. The first-order chi connectivity index (χ1) is 8.63. The summed E-state index contributed by atoms with van der Waals surface area (Å²) < 4.78 is 5.44. The summed E-state index contributed by atoms with van der Waals surface area (Å²) in [5.74, 6) is -1.00. The van der Waals surface area contributed by atoms with Crippen molar-refractivity contribution in [3.8, 4) is 0 Å². The molecule has 0 saturated carbocycles. The second kappa shape index (κ2) is 5.32. The van der Waals surface area contributed by atoms with Crippen molar-refractivity contribution in [1.29, 1.82) is 0 Å². The van der Waals surface area contributed by atoms with Gasteiger partial charge in [-0.05, 0) is 13.0 Å². The van der Waals surface area contributed by atoms with Crippen molar-refractivity contribution in [2.75, 3.05) is 24.7 Å². The summed E-state index contributed by atoms with van der Waals surface area (Å²) in [6.45, 7) is 2.82. The molecular formula is C12H16N2O4. The molecule has 1 aromatic rings. The number of carboxylic acids is 1. The van der Waals surface area contributed by atoms with Crippen LogP contribution in [-0.4, -0.2) is 53.1 Å². The molecule has 2 N–H and O–H groups in total. The second-order valence-corrected chi connectivity index (χ2v) is 4.34. The number of nitrogens with zero attached hydrogens (tertiary/aromatic N) is 2. The van der Waals surface area contributed by atoms with Crippen LogP contribution < -0.4 is 4.90 Å². The van der Waals surface area contributed by atoms with Gasteiger partial charge in [-0.2, -0.15) is 0 Å². The number of pyridine rings is 1. The summed E-state index contributed by atoms with van der Waals surface area (Å²) in [5, 5.41) is 18.3. The Morgan fingerprint density at radius 3 is 3.11 bits per heavy atom. The highest BCUT2D eigenvalue weighted by Crippen LogP contribution is 2.25. The van der Waals surface area contributed by atoms with Gasteiger partial charge in [-0.3, -0.25) is 4.98 Å². The number of aliphatic hydroxyl groups excluding tert-OH is 1. The van der Waals surface area contributed by atoms with Gasteiger partial charge in [0.25, 0.3) is 0 Å². The van der Waals surface area contributed by atoms with Crippen molar-refractivity contribution in [1.82, 2.24) is 4.98 Å². The smallest absolute Gasteiger partial charge is 0.339 e. The highest BCUT2D eigenvalue weighted by molar-refractivity contribution is 5.94. The minimum atomic E-state index is -1.00. The van der Waals surface area contributed by atoms with E-state index in [9.17, 15) is 4.79 Å². The van der Waals surface area contributed by atoms with Crippen molar-refractivity contribution in [2.45, 2.75) is 19.1 Å². The highest BCUT2D eigenvalue weighted by atomic mass is 16.5. The number of ether oxygens (including phenoxy) is 1. The van der Waals surface area contributed by atoms with Gasteiger partial charge in [-0.25, -0.2) is 4.79 Å². The lowest BCUT2D eigenvalue weighted by Gasteiger charge is -2.39. The molecule has 1 aliphatic heterocycles. The summed E-state index contributed by atoms with van der Waals surface area (Å²) >= 11 is 0. The molecule has 18 heavy (non-hydrogen) atoms. The van der Waals surface area contributed by atoms with Gasteiger partial charge < -0.3 is 19.8 Å². The van der Waals surface area contributed by atoms with Crippen LogP contribution in [0.3, 0.4) is 0 Å². The third-order valence-corrected chi connectivity index (χ3v) is 3.05. The number of rotatable bonds is 3. The lowest BCUT2D eigenvalue weighted by Crippen LogP contribution is -2.50. The fourth-order valence-corrected chi connectivity index (χ4v) is 2.07. The van der Waals surface area contributed by atoms with E-state index in [4.69, 9.17) is 14.9 Å². The Morgan fingerprint density at radius 2 is 2.44 bits per heavy atom. The SMILES string of the molecule is CC1COC(CO)CN1c1ccncc1C(=O)O. The molecular weight excluding hydrogens is 236 g/mol. The van der Waals surface area contributed by atoms with Gasteiger partial charge in [-0.1, -0.05) is 0 Å². The quantitative estimate of drug-likeness (QED) is 0.808. The van der Waals surface area contributed by atoms with E-state index in [2.05, 4.69) is 4.98 Å². The molecule has 0 aliphatic carbocycles. The first-order valence-electron chi connectivity index (χ1n) is 5.80. The van der Waals surface area contributed by atoms with Crippen LogP contribution in [-0.2, 0) is 4.74 Å². The topological polar surface area (TPSA) is 82.9 Å². The molecule has 2 unspecified atom stereocenters. The first kappa shape index (κ1) is 12.8. The molecule has 0 spiro atoms. The number of aromatic carboxylic acids is 1. The van der Waals surface area contributed by atoms with Gasteiger partial charge in [0.1, 0.15) is 5.56 Å². The summed E-state index contributed by atoms with van der Waals surface area (Å²) in [6.07, 6.45) is 2.63. The molecule has 0 radical (unpaired) electrons. The average molecular weight is 252 g/mol. The van der Waals surface area contributed by atoms with Crippen LogP contribution in [0.25, 0.3) is 0 Å². The Kier molecular flexibility index (Phi) is 3.78. The van der Waals surface area contributed by atoms with Gasteiger partial charge in [0.15, 0.2) is 0 Å². The molecule has 1 aromatic heterocycles. The highest BCUT2D eigenvalue weighted by Gasteiger charge is 2.28. The number of aromatic nitrogens is 1. The van der Waals surface area contributed by atoms with Crippen LogP contribution in [0, 0.1) is 0 Å². The van der Waals surface area contributed by atoms with Gasteiger partial charge in [-0.15, -0.1) is 0 Å². The van der Waals surface area contributed by atoms with Crippen LogP contribution in [0.1, 0.15) is 17.3 Å². The van der Waals surface area contributed by atoms with Crippen molar-refractivity contribution in [3.05, 3.63) is 24.0 Å². The Bertz CT molecular complexity index is 438. The fourth-order valence-electron chi connectivity index (χ4n) is 2.07. The fraction of sp³-hybridized carbons (Fsp3) is 0.500. The van der Waals surface area contributed by atoms with E-state index in [1.54, 1.807) is 12.3 Å². The molecule has 1 aliphatic rings. The normalized spacial score (nSPS) is 24.0. The summed E-state index contributed by atoms with van der Waals surface area (Å²) in [7, 11) is 0. The number of carbonyl (C=O) groups is 1. The first-order valence-corrected chi connectivity index (χ1v) is 5.80. The predicted molar refractivity (Wildman–Crippen MR) is 64.8 cm³/mol. The zero-order valence-corrected chi connectivity index (χ0v) is 10.1. The van der Waals surface area contributed by atoms with E-state index < -0.39 is 5.97 Å². The predicted octanol–water partition coefficient (Wildman–Crippen LogP) is 0.366. The maximum Gasteiger partial charge on any atom is 0.339 e. The monoisotopic (exact) mass is 252 g/mol. The molecule has 0 amide bonds. The van der Waals surface area contributed by atoms with E-state index in [1.165, 1.54) is 6.20 Å². The number of anilines is 1. The Balaban J connectivity index is 2.31. The van der Waals surface area contributed by atoms with Gasteiger partial charge in [0.05, 0.1) is 25.0 Å². The number of aliphatic hydroxyl groups is 1. The molecule has 98 valence electrons. The minimum Gasteiger partial charge on any atom is -0.478 e. The second-order valence-electron chi connectivity index (χ2n) is 4.34. The van der Waals surface area contributed by atoms with E-state index in [1.807, 2.05) is 11.8 Å². The summed E-state index contributed by atoms with van der Waals surface area (Å²) in [4.78, 5) is 17.0. The van der Waals surface area contributed by atoms with Crippen molar-refractivity contribution in [2.24, 2.45) is 0 Å². The van der Waals surface area contributed by atoms with E-state index in [0.717, 1.165) is 0 Å². The number of hydrogen-bond acceptors (Lipinski definition) is 5. The van der Waals surface area contributed by atoms with Gasteiger partial charge >= 0.3 is 5.97 Å². The lowest BCUT2D eigenvalue weighted by atomic mass is 10.1. The standard InChI is InChI=1S/C12H16N2O4/c1-8-7-18-9(6-15)5-14(8)11-2-3-13-4-10(11)12(16)17/h2-4,8-9,15H,5-7H2,1H3,(H,16,17). The van der Waals surface area contributed by atoms with Crippen molar-refractivity contribution in [3.63, 3.8) is 0 Å². The molecule has 1 saturated heterocycles. The number of morpholine rings is 1. The molecule has 0 bridgehead atoms. The molecule has 2 rings (SSSR count). The van der Waals surface area contributed by atoms with Crippen LogP contribution in [0.4, 0.5) is 5.69 Å². The maximum absolute atomic E-state index is 11.2. The van der Waals surface area contributed by atoms with Crippen LogP contribution in [0.5, 0.6) is 0 Å². The van der Waals surface area contributed by atoms with Crippen molar-refractivity contribution >= 4 is 11.7 Å². The van der Waals surface area contributed by atoms with Crippen LogP contribution >= 0.6 is 0 Å². The number of hydrogen-bond donors (Lipinski definition) is 2. The number of carboxylic acid groups (broad SMARTS) is 1. The zero-order valence-electron chi connectivity index (χ0n) is 10.1. The third-order valence-electron chi connectivity index (χ3n) is 3.05. The van der Waals surface area contributed by atoms with E-state index in [-0.39, 0.29) is 24.3 Å². The Labute approximate surface area is 105 Å². The van der Waals surface area contributed by atoms with Crippen LogP contribution in [0.15, 0.2) is 18.5 Å². The average Bonchev–Trinajstić information content (AvgIpc) is 2.39. The summed E-state index contributed by atoms with van der Waals surface area (Å²) in [5.41, 5.74) is 0.787. The third kappa shape index (κ3) is 2.44. The largest absolute Gasteiger partial charge is 0.478 e. The Hall–Kier alpha value is -1.66. The van der Waals surface area contributed by atoms with Crippen molar-refractivity contribution < 1.29 is 19.7 Å². The maximum atomic E-state index is 11.2. The van der Waals surface area contributed by atoms with E-state index in [0.29, 0.717) is 18.8 Å². The Morgan fingerprint density at radius 1 is 1.67 bits per heavy atom. The molecule has 2 heterocycles. The van der Waals surface area contributed by atoms with Crippen LogP contribution in [0.2, 0.25) is 0 Å². The molecule has 0 aromatic carbocycles. The lowest BCUT2D eigenvalue weighted by molar-refractivity contribution is -0.0104. The molecule has 2 atom stereocenters.